The van der Waals surface area contributed by atoms with Crippen LogP contribution in [-0.2, 0) is 0 Å². The molecule has 2 rings (SSSR count). The van der Waals surface area contributed by atoms with Crippen LogP contribution >= 0.6 is 0 Å². The molecule has 5 nitrogen and oxygen atoms in total. The fraction of sp³-hybridized carbons (Fsp3) is 0. The molecule has 5 heteroatoms. The highest BCUT2D eigenvalue weighted by Gasteiger charge is 2.00. The van der Waals surface area contributed by atoms with Gasteiger partial charge in [0.2, 0.25) is 0 Å². The second kappa shape index (κ2) is 3.24. The summed E-state index contributed by atoms with van der Waals surface area (Å²) in [6, 6.07) is 8.03. The average molecular weight is 187 g/mol. The molecule has 1 aromatic carbocycles. The molecule has 14 heavy (non-hydrogen) atoms. The molecular weight excluding hydrogens is 182 g/mol. The number of para-hydroxylation sites is 1. The Balaban J connectivity index is 2.90. The van der Waals surface area contributed by atoms with Crippen molar-refractivity contribution in [2.75, 3.05) is 0 Å². The molecule has 0 aliphatic heterocycles. The van der Waals surface area contributed by atoms with Gasteiger partial charge in [0.1, 0.15) is 5.58 Å². The number of hydrogen-bond donors (Lipinski definition) is 0. The van der Waals surface area contributed by atoms with Gasteiger partial charge in [-0.15, -0.1) is 0 Å². The summed E-state index contributed by atoms with van der Waals surface area (Å²) < 4.78 is 4.92. The van der Waals surface area contributed by atoms with Crippen LogP contribution in [0.4, 0.5) is 5.69 Å². The molecule has 1 aromatic heterocycles. The van der Waals surface area contributed by atoms with Crippen molar-refractivity contribution in [1.82, 2.24) is 0 Å². The van der Waals surface area contributed by atoms with Gasteiger partial charge in [-0.3, -0.25) is 0 Å². The van der Waals surface area contributed by atoms with Crippen LogP contribution in [0, 0.1) is 0 Å². The lowest BCUT2D eigenvalue weighted by Crippen LogP contribution is -1.93. The van der Waals surface area contributed by atoms with E-state index in [4.69, 9.17) is 9.95 Å². The van der Waals surface area contributed by atoms with Crippen LogP contribution in [0.25, 0.3) is 21.4 Å². The first-order valence-electron chi connectivity index (χ1n) is 3.89. The van der Waals surface area contributed by atoms with E-state index in [0.29, 0.717) is 11.3 Å². The normalized spacial score (nSPS) is 9.71. The summed E-state index contributed by atoms with van der Waals surface area (Å²) in [7, 11) is 0. The van der Waals surface area contributed by atoms with Crippen LogP contribution in [-0.4, -0.2) is 0 Å². The molecule has 0 saturated carbocycles. The van der Waals surface area contributed by atoms with Crippen molar-refractivity contribution < 1.29 is 4.42 Å². The Kier molecular flexibility index (Phi) is 1.93. The second-order valence-corrected chi connectivity index (χ2v) is 2.64. The van der Waals surface area contributed by atoms with E-state index < -0.39 is 5.63 Å². The van der Waals surface area contributed by atoms with Crippen molar-refractivity contribution in [3.8, 4) is 0 Å². The summed E-state index contributed by atoms with van der Waals surface area (Å²) in [4.78, 5) is 13.6. The monoisotopic (exact) mass is 187 g/mol. The molecule has 0 amide bonds. The van der Waals surface area contributed by atoms with Gasteiger partial charge in [-0.2, -0.15) is 0 Å². The summed E-state index contributed by atoms with van der Waals surface area (Å²) in [5.41, 5.74) is 8.47. The molecule has 1 heterocycles. The molecule has 0 aliphatic rings. The standard InChI is InChI=1S/C9H5N3O2/c10-12-11-7-3-1-2-6-4-5-8(13)14-9(6)7/h1-5H. The predicted octanol–water partition coefficient (Wildman–Crippen LogP) is 2.73. The third-order valence-corrected chi connectivity index (χ3v) is 1.78. The minimum absolute atomic E-state index is 0.317. The van der Waals surface area contributed by atoms with Gasteiger partial charge in [-0.25, -0.2) is 4.79 Å². The van der Waals surface area contributed by atoms with Crippen LogP contribution in [0.1, 0.15) is 0 Å². The maximum atomic E-state index is 10.9. The van der Waals surface area contributed by atoms with Gasteiger partial charge in [0, 0.05) is 16.4 Å². The minimum atomic E-state index is -0.460. The Morgan fingerprint density at radius 3 is 2.93 bits per heavy atom. The van der Waals surface area contributed by atoms with Crippen molar-refractivity contribution in [2.24, 2.45) is 5.11 Å². The van der Waals surface area contributed by atoms with Crippen molar-refractivity contribution in [3.63, 3.8) is 0 Å². The van der Waals surface area contributed by atoms with Crippen LogP contribution in [0.2, 0.25) is 0 Å². The summed E-state index contributed by atoms with van der Waals surface area (Å²) in [6.45, 7) is 0. The molecule has 0 bridgehead atoms. The molecule has 0 fully saturated rings. The van der Waals surface area contributed by atoms with Crippen LogP contribution in [0.5, 0.6) is 0 Å². The molecule has 2 aromatic rings. The van der Waals surface area contributed by atoms with Gasteiger partial charge in [0.05, 0.1) is 5.69 Å². The summed E-state index contributed by atoms with van der Waals surface area (Å²) in [5.74, 6) is 0. The van der Waals surface area contributed by atoms with E-state index in [2.05, 4.69) is 10.0 Å². The lowest BCUT2D eigenvalue weighted by atomic mass is 10.2. The third-order valence-electron chi connectivity index (χ3n) is 1.78. The first kappa shape index (κ1) is 8.34. The average Bonchev–Trinajstić information content (AvgIpc) is 2.19. The Morgan fingerprint density at radius 2 is 2.14 bits per heavy atom. The first-order chi connectivity index (χ1) is 6.81. The van der Waals surface area contributed by atoms with Crippen molar-refractivity contribution in [3.05, 3.63) is 51.2 Å². The van der Waals surface area contributed by atoms with E-state index in [1.165, 1.54) is 6.07 Å². The van der Waals surface area contributed by atoms with E-state index in [1.807, 2.05) is 0 Å². The highest BCUT2D eigenvalue weighted by molar-refractivity contribution is 5.86. The fourth-order valence-electron chi connectivity index (χ4n) is 1.20. The van der Waals surface area contributed by atoms with E-state index in [0.717, 1.165) is 5.39 Å². The van der Waals surface area contributed by atoms with E-state index >= 15 is 0 Å². The lowest BCUT2D eigenvalue weighted by molar-refractivity contribution is 0.561. The quantitative estimate of drug-likeness (QED) is 0.297. The van der Waals surface area contributed by atoms with E-state index in [-0.39, 0.29) is 0 Å². The Morgan fingerprint density at radius 1 is 1.29 bits per heavy atom. The SMILES string of the molecule is [N-]=[N+]=Nc1cccc2ccc(=O)oc12. The Labute approximate surface area is 78.2 Å². The highest BCUT2D eigenvalue weighted by atomic mass is 16.4. The van der Waals surface area contributed by atoms with Crippen molar-refractivity contribution in [1.29, 1.82) is 0 Å². The molecule has 0 saturated heterocycles. The zero-order valence-electron chi connectivity index (χ0n) is 7.04. The van der Waals surface area contributed by atoms with E-state index in [1.54, 1.807) is 24.3 Å². The van der Waals surface area contributed by atoms with Gasteiger partial charge >= 0.3 is 5.63 Å². The predicted molar refractivity (Wildman–Crippen MR) is 51.3 cm³/mol. The molecule has 0 unspecified atom stereocenters. The first-order valence-corrected chi connectivity index (χ1v) is 3.89. The molecule has 0 spiro atoms. The number of rotatable bonds is 1. The molecule has 0 N–H and O–H groups in total. The highest BCUT2D eigenvalue weighted by Crippen LogP contribution is 2.24. The van der Waals surface area contributed by atoms with Gasteiger partial charge in [-0.05, 0) is 17.7 Å². The molecule has 68 valence electrons. The summed E-state index contributed by atoms with van der Waals surface area (Å²) >= 11 is 0. The lowest BCUT2D eigenvalue weighted by Gasteiger charge is -1.97. The zero-order chi connectivity index (χ0) is 9.97. The minimum Gasteiger partial charge on any atom is -0.422 e. The van der Waals surface area contributed by atoms with Gasteiger partial charge < -0.3 is 4.42 Å². The molecule has 0 radical (unpaired) electrons. The second-order valence-electron chi connectivity index (χ2n) is 2.64. The number of azide groups is 1. The van der Waals surface area contributed by atoms with Gasteiger partial charge in [0.25, 0.3) is 0 Å². The maximum absolute atomic E-state index is 10.9. The number of hydrogen-bond acceptors (Lipinski definition) is 3. The third kappa shape index (κ3) is 1.32. The summed E-state index contributed by atoms with van der Waals surface area (Å²) in [6.07, 6.45) is 0. The van der Waals surface area contributed by atoms with Crippen molar-refractivity contribution >= 4 is 16.7 Å². The topological polar surface area (TPSA) is 79.0 Å². The number of fused-ring (bicyclic) bond motifs is 1. The van der Waals surface area contributed by atoms with Crippen molar-refractivity contribution in [2.45, 2.75) is 0 Å². The molecule has 0 atom stereocenters. The van der Waals surface area contributed by atoms with E-state index in [9.17, 15) is 4.79 Å². The van der Waals surface area contributed by atoms with Gasteiger partial charge in [0.15, 0.2) is 0 Å². The van der Waals surface area contributed by atoms with Crippen LogP contribution in [0.15, 0.2) is 44.7 Å². The smallest absolute Gasteiger partial charge is 0.336 e. The fourth-order valence-corrected chi connectivity index (χ4v) is 1.20. The summed E-state index contributed by atoms with van der Waals surface area (Å²) in [5, 5.41) is 4.15. The maximum Gasteiger partial charge on any atom is 0.336 e. The number of nitrogens with zero attached hydrogens (tertiary/aromatic N) is 3. The van der Waals surface area contributed by atoms with Gasteiger partial charge in [-0.1, -0.05) is 17.2 Å². The van der Waals surface area contributed by atoms with Crippen LogP contribution in [0.3, 0.4) is 0 Å². The number of benzene rings is 1. The largest absolute Gasteiger partial charge is 0.422 e. The zero-order valence-corrected chi connectivity index (χ0v) is 7.04. The van der Waals surface area contributed by atoms with Crippen LogP contribution < -0.4 is 5.63 Å². The molecule has 0 aliphatic carbocycles. The molecular formula is C9H5N3O2. The Bertz CT molecular complexity index is 582. The Hall–Kier alpha value is -2.26.